The van der Waals surface area contributed by atoms with Crippen LogP contribution in [0.25, 0.3) is 0 Å². The topological polar surface area (TPSA) is 52.6 Å². The van der Waals surface area contributed by atoms with Crippen LogP contribution in [-0.2, 0) is 30.9 Å². The molecule has 4 heteroatoms. The zero-order valence-corrected chi connectivity index (χ0v) is 18.3. The molecule has 0 spiro atoms. The third-order valence-electron chi connectivity index (χ3n) is 7.26. The van der Waals surface area contributed by atoms with E-state index in [1.807, 2.05) is 0 Å². The highest BCUT2D eigenvalue weighted by Gasteiger charge is 2.61. The summed E-state index contributed by atoms with van der Waals surface area (Å²) in [6.07, 6.45) is 2.15. The number of carbonyl (C=O) groups is 2. The summed E-state index contributed by atoms with van der Waals surface area (Å²) >= 11 is 0. The molecule has 1 aromatic carbocycles. The SMILES string of the molecule is COC(=O)C1CCC(C)(C)C2C(OC(C)=O)Cc3cc(C(C)C)ccc3[C@@]12C. The van der Waals surface area contributed by atoms with E-state index in [0.29, 0.717) is 12.3 Å². The molecule has 4 atom stereocenters. The Kier molecular flexibility index (Phi) is 5.37. The summed E-state index contributed by atoms with van der Waals surface area (Å²) in [6, 6.07) is 6.64. The van der Waals surface area contributed by atoms with E-state index < -0.39 is 5.41 Å². The molecule has 1 fully saturated rings. The number of benzene rings is 1. The van der Waals surface area contributed by atoms with Crippen molar-refractivity contribution in [3.8, 4) is 0 Å². The summed E-state index contributed by atoms with van der Waals surface area (Å²) in [5.41, 5.74) is 3.20. The average Bonchev–Trinajstić information content (AvgIpc) is 2.59. The van der Waals surface area contributed by atoms with Crippen molar-refractivity contribution in [1.29, 1.82) is 0 Å². The van der Waals surface area contributed by atoms with Crippen LogP contribution in [-0.4, -0.2) is 25.2 Å². The molecule has 0 bridgehead atoms. The Morgan fingerprint density at radius 1 is 1.18 bits per heavy atom. The smallest absolute Gasteiger partial charge is 0.309 e. The molecule has 3 rings (SSSR count). The van der Waals surface area contributed by atoms with Gasteiger partial charge in [0.15, 0.2) is 0 Å². The van der Waals surface area contributed by atoms with Crippen molar-refractivity contribution in [1.82, 2.24) is 0 Å². The molecule has 4 nitrogen and oxygen atoms in total. The van der Waals surface area contributed by atoms with Crippen LogP contribution in [0, 0.1) is 17.3 Å². The number of esters is 2. The predicted molar refractivity (Wildman–Crippen MR) is 109 cm³/mol. The van der Waals surface area contributed by atoms with Crippen molar-refractivity contribution < 1.29 is 19.1 Å². The zero-order chi connectivity index (χ0) is 20.9. The van der Waals surface area contributed by atoms with Gasteiger partial charge in [0.1, 0.15) is 6.10 Å². The summed E-state index contributed by atoms with van der Waals surface area (Å²) in [7, 11) is 1.47. The quantitative estimate of drug-likeness (QED) is 0.702. The van der Waals surface area contributed by atoms with Crippen molar-refractivity contribution in [2.24, 2.45) is 17.3 Å². The number of rotatable bonds is 3. The van der Waals surface area contributed by atoms with Crippen molar-refractivity contribution in [2.75, 3.05) is 7.11 Å². The van der Waals surface area contributed by atoms with E-state index in [0.717, 1.165) is 12.8 Å². The van der Waals surface area contributed by atoms with E-state index >= 15 is 0 Å². The van der Waals surface area contributed by atoms with Crippen LogP contribution >= 0.6 is 0 Å². The van der Waals surface area contributed by atoms with Crippen LogP contribution in [0.4, 0.5) is 0 Å². The highest BCUT2D eigenvalue weighted by atomic mass is 16.5. The van der Waals surface area contributed by atoms with E-state index in [9.17, 15) is 9.59 Å². The van der Waals surface area contributed by atoms with Crippen LogP contribution in [0.1, 0.15) is 77.0 Å². The lowest BCUT2D eigenvalue weighted by molar-refractivity contribution is -0.168. The summed E-state index contributed by atoms with van der Waals surface area (Å²) in [6.45, 7) is 12.5. The highest BCUT2D eigenvalue weighted by Crippen LogP contribution is 2.60. The minimum Gasteiger partial charge on any atom is -0.469 e. The van der Waals surface area contributed by atoms with Crippen LogP contribution in [0.3, 0.4) is 0 Å². The van der Waals surface area contributed by atoms with Crippen LogP contribution in [0.2, 0.25) is 0 Å². The summed E-state index contributed by atoms with van der Waals surface area (Å²) in [4.78, 5) is 24.8. The molecule has 28 heavy (non-hydrogen) atoms. The molecule has 0 aromatic heterocycles. The number of fused-ring (bicyclic) bond motifs is 3. The van der Waals surface area contributed by atoms with Gasteiger partial charge in [-0.25, -0.2) is 0 Å². The first kappa shape index (κ1) is 20.9. The fourth-order valence-corrected chi connectivity index (χ4v) is 6.07. The molecule has 0 radical (unpaired) electrons. The third kappa shape index (κ3) is 3.25. The predicted octanol–water partition coefficient (Wildman–Crippen LogP) is 4.78. The standard InChI is InChI=1S/C24H34O4/c1-14(2)16-8-9-18-17(12-16)13-20(28-15(3)25)21-23(4,5)11-10-19(22(26)27-7)24(18,21)6/h8-9,12,14,19-21H,10-11,13H2,1-7H3/t19?,20?,21?,24-/m0/s1. The Bertz CT molecular complexity index is 779. The van der Waals surface area contributed by atoms with Gasteiger partial charge in [0, 0.05) is 24.7 Å². The first-order valence-corrected chi connectivity index (χ1v) is 10.4. The first-order valence-electron chi connectivity index (χ1n) is 10.4. The molecule has 3 unspecified atom stereocenters. The molecule has 2 aliphatic rings. The van der Waals surface area contributed by atoms with Crippen LogP contribution in [0.5, 0.6) is 0 Å². The molecule has 0 amide bonds. The maximum Gasteiger partial charge on any atom is 0.309 e. The monoisotopic (exact) mass is 386 g/mol. The van der Waals surface area contributed by atoms with Crippen LogP contribution in [0.15, 0.2) is 18.2 Å². The van der Waals surface area contributed by atoms with Gasteiger partial charge in [-0.15, -0.1) is 0 Å². The van der Waals surface area contributed by atoms with Gasteiger partial charge in [-0.05, 0) is 40.9 Å². The van der Waals surface area contributed by atoms with E-state index in [1.165, 1.54) is 30.7 Å². The van der Waals surface area contributed by atoms with Crippen molar-refractivity contribution in [3.05, 3.63) is 34.9 Å². The van der Waals surface area contributed by atoms with Crippen molar-refractivity contribution >= 4 is 11.9 Å². The fraction of sp³-hybridized carbons (Fsp3) is 0.667. The Hall–Kier alpha value is -1.84. The lowest BCUT2D eigenvalue weighted by Gasteiger charge is -2.59. The molecule has 0 heterocycles. The summed E-state index contributed by atoms with van der Waals surface area (Å²) in [5, 5.41) is 0. The second-order valence-corrected chi connectivity index (χ2v) is 9.79. The van der Waals surface area contributed by atoms with E-state index in [2.05, 4.69) is 52.8 Å². The largest absolute Gasteiger partial charge is 0.469 e. The number of hydrogen-bond acceptors (Lipinski definition) is 4. The van der Waals surface area contributed by atoms with Gasteiger partial charge in [-0.2, -0.15) is 0 Å². The summed E-state index contributed by atoms with van der Waals surface area (Å²) < 4.78 is 11.1. The van der Waals surface area contributed by atoms with Crippen LogP contribution < -0.4 is 0 Å². The molecule has 0 N–H and O–H groups in total. The number of ether oxygens (including phenoxy) is 2. The fourth-order valence-electron chi connectivity index (χ4n) is 6.07. The first-order chi connectivity index (χ1) is 13.0. The lowest BCUT2D eigenvalue weighted by atomic mass is 9.46. The normalized spacial score (nSPS) is 30.9. The second-order valence-electron chi connectivity index (χ2n) is 9.79. The maximum absolute atomic E-state index is 12.8. The number of hydrogen-bond donors (Lipinski definition) is 0. The Morgan fingerprint density at radius 3 is 2.43 bits per heavy atom. The third-order valence-corrected chi connectivity index (χ3v) is 7.26. The maximum atomic E-state index is 12.8. The molecule has 0 aliphatic heterocycles. The van der Waals surface area contributed by atoms with Gasteiger partial charge in [0.05, 0.1) is 13.0 Å². The highest BCUT2D eigenvalue weighted by molar-refractivity contribution is 5.75. The minimum atomic E-state index is -0.432. The Balaban J connectivity index is 2.24. The van der Waals surface area contributed by atoms with Gasteiger partial charge < -0.3 is 9.47 Å². The number of methoxy groups -OCH3 is 1. The Labute approximate surface area is 169 Å². The molecular formula is C24H34O4. The minimum absolute atomic E-state index is 0.0478. The molecule has 154 valence electrons. The Morgan fingerprint density at radius 2 is 1.86 bits per heavy atom. The van der Waals surface area contributed by atoms with Gasteiger partial charge in [-0.3, -0.25) is 9.59 Å². The van der Waals surface area contributed by atoms with Gasteiger partial charge in [-0.1, -0.05) is 52.8 Å². The number of carbonyl (C=O) groups excluding carboxylic acids is 2. The van der Waals surface area contributed by atoms with E-state index in [4.69, 9.17) is 9.47 Å². The summed E-state index contributed by atoms with van der Waals surface area (Å²) in [5.74, 6) is -0.184. The molecule has 0 saturated heterocycles. The van der Waals surface area contributed by atoms with Crippen molar-refractivity contribution in [3.63, 3.8) is 0 Å². The zero-order valence-electron chi connectivity index (χ0n) is 18.3. The van der Waals surface area contributed by atoms with E-state index in [1.54, 1.807) is 0 Å². The molecule has 1 saturated carbocycles. The second kappa shape index (κ2) is 7.20. The van der Waals surface area contributed by atoms with Gasteiger partial charge in [0.2, 0.25) is 0 Å². The lowest BCUT2D eigenvalue weighted by Crippen LogP contribution is -2.60. The average molecular weight is 387 g/mol. The molecule has 2 aliphatic carbocycles. The molecular weight excluding hydrogens is 352 g/mol. The van der Waals surface area contributed by atoms with Gasteiger partial charge >= 0.3 is 11.9 Å². The van der Waals surface area contributed by atoms with Crippen molar-refractivity contribution in [2.45, 2.75) is 78.2 Å². The molecule has 1 aromatic rings. The van der Waals surface area contributed by atoms with Gasteiger partial charge in [0.25, 0.3) is 0 Å². The van der Waals surface area contributed by atoms with E-state index in [-0.39, 0.29) is 35.3 Å².